The van der Waals surface area contributed by atoms with Crippen LogP contribution < -0.4 is 24.3 Å². The number of methoxy groups -OCH3 is 3. The molecule has 2 aromatic carbocycles. The minimum atomic E-state index is -0.0873. The molecule has 8 nitrogen and oxygen atoms in total. The second kappa shape index (κ2) is 12.3. The van der Waals surface area contributed by atoms with Gasteiger partial charge in [0.1, 0.15) is 5.75 Å². The van der Waals surface area contributed by atoms with Crippen LogP contribution in [0.4, 0.5) is 5.69 Å². The molecule has 1 aliphatic heterocycles. The molecule has 1 aliphatic rings. The zero-order valence-electron chi connectivity index (χ0n) is 20.3. The van der Waals surface area contributed by atoms with Crippen LogP contribution in [0.1, 0.15) is 30.9 Å². The summed E-state index contributed by atoms with van der Waals surface area (Å²) in [5, 5.41) is 12.3. The number of benzene rings is 2. The summed E-state index contributed by atoms with van der Waals surface area (Å²) in [4.78, 5) is 14.8. The fraction of sp³-hybridized carbons (Fsp3) is 0.423. The van der Waals surface area contributed by atoms with Crippen molar-refractivity contribution in [1.82, 2.24) is 4.90 Å². The maximum Gasteiger partial charge on any atom is 0.227 e. The predicted octanol–water partition coefficient (Wildman–Crippen LogP) is 3.88. The van der Waals surface area contributed by atoms with E-state index in [1.807, 2.05) is 54.3 Å². The van der Waals surface area contributed by atoms with Gasteiger partial charge in [0, 0.05) is 19.0 Å². The van der Waals surface area contributed by atoms with E-state index in [2.05, 4.69) is 5.32 Å². The van der Waals surface area contributed by atoms with Gasteiger partial charge in [-0.05, 0) is 55.2 Å². The van der Waals surface area contributed by atoms with Gasteiger partial charge in [0.2, 0.25) is 11.7 Å². The lowest BCUT2D eigenvalue weighted by molar-refractivity contribution is -0.121. The summed E-state index contributed by atoms with van der Waals surface area (Å²) in [6, 6.07) is 9.44. The Morgan fingerprint density at radius 3 is 2.21 bits per heavy atom. The zero-order valence-corrected chi connectivity index (χ0v) is 20.3. The number of carbonyl (C=O) groups is 1. The topological polar surface area (TPSA) is 89.5 Å². The van der Waals surface area contributed by atoms with Gasteiger partial charge in [-0.1, -0.05) is 18.2 Å². The molecule has 0 unspecified atom stereocenters. The Morgan fingerprint density at radius 2 is 1.65 bits per heavy atom. The van der Waals surface area contributed by atoms with E-state index < -0.39 is 0 Å². The highest BCUT2D eigenvalue weighted by Crippen LogP contribution is 2.38. The number of aliphatic hydroxyl groups is 1. The lowest BCUT2D eigenvalue weighted by Gasteiger charge is -2.29. The third-order valence-corrected chi connectivity index (χ3v) is 5.87. The minimum absolute atomic E-state index is 0.0238. The van der Waals surface area contributed by atoms with Gasteiger partial charge in [0.15, 0.2) is 11.5 Å². The fourth-order valence-electron chi connectivity index (χ4n) is 3.99. The van der Waals surface area contributed by atoms with Crippen LogP contribution in [0.15, 0.2) is 30.3 Å². The molecular formula is C26H34N2O6. The van der Waals surface area contributed by atoms with Crippen LogP contribution in [0.3, 0.4) is 0 Å². The van der Waals surface area contributed by atoms with Crippen molar-refractivity contribution in [2.75, 3.05) is 53.1 Å². The van der Waals surface area contributed by atoms with Gasteiger partial charge in [0.25, 0.3) is 0 Å². The summed E-state index contributed by atoms with van der Waals surface area (Å²) >= 11 is 0. The van der Waals surface area contributed by atoms with Gasteiger partial charge in [-0.25, -0.2) is 0 Å². The molecule has 0 bridgehead atoms. The van der Waals surface area contributed by atoms with E-state index in [9.17, 15) is 9.90 Å². The molecule has 0 aromatic heterocycles. The lowest BCUT2D eigenvalue weighted by Crippen LogP contribution is -2.38. The first-order valence-corrected chi connectivity index (χ1v) is 11.4. The number of anilines is 1. The van der Waals surface area contributed by atoms with E-state index in [0.29, 0.717) is 48.4 Å². The Morgan fingerprint density at radius 1 is 1.00 bits per heavy atom. The lowest BCUT2D eigenvalue weighted by atomic mass is 9.96. The highest BCUT2D eigenvalue weighted by Gasteiger charge is 2.25. The molecule has 2 aromatic rings. The van der Waals surface area contributed by atoms with Crippen LogP contribution in [0.25, 0.3) is 12.2 Å². The SMILES string of the molecule is CCOc1ccc(/C=C/c2cc(OC)c(OC)c(OC)c2)cc1NC(=O)C1CCN(CO)CC1. The minimum Gasteiger partial charge on any atom is -0.493 e. The monoisotopic (exact) mass is 470 g/mol. The number of hydrogen-bond acceptors (Lipinski definition) is 7. The number of rotatable bonds is 10. The molecule has 1 saturated heterocycles. The van der Waals surface area contributed by atoms with Crippen molar-refractivity contribution in [1.29, 1.82) is 0 Å². The van der Waals surface area contributed by atoms with Crippen LogP contribution >= 0.6 is 0 Å². The number of nitrogens with one attached hydrogen (secondary N) is 1. The highest BCUT2D eigenvalue weighted by molar-refractivity contribution is 5.94. The summed E-state index contributed by atoms with van der Waals surface area (Å²) in [5.41, 5.74) is 2.43. The second-order valence-electron chi connectivity index (χ2n) is 8.00. The van der Waals surface area contributed by atoms with E-state index in [1.165, 1.54) is 0 Å². The summed E-state index contributed by atoms with van der Waals surface area (Å²) in [6.07, 6.45) is 5.33. The Hall–Kier alpha value is -3.23. The summed E-state index contributed by atoms with van der Waals surface area (Å²) in [5.74, 6) is 2.22. The van der Waals surface area contributed by atoms with Crippen LogP contribution in [0.2, 0.25) is 0 Å². The summed E-state index contributed by atoms with van der Waals surface area (Å²) < 4.78 is 22.0. The van der Waals surface area contributed by atoms with Crippen molar-refractivity contribution >= 4 is 23.7 Å². The van der Waals surface area contributed by atoms with E-state index in [4.69, 9.17) is 18.9 Å². The van der Waals surface area contributed by atoms with Crippen LogP contribution in [-0.4, -0.2) is 63.7 Å². The average molecular weight is 471 g/mol. The van der Waals surface area contributed by atoms with Gasteiger partial charge in [-0.15, -0.1) is 0 Å². The number of nitrogens with zero attached hydrogens (tertiary/aromatic N) is 1. The third-order valence-electron chi connectivity index (χ3n) is 5.87. The Kier molecular flexibility index (Phi) is 9.18. The highest BCUT2D eigenvalue weighted by atomic mass is 16.5. The van der Waals surface area contributed by atoms with Crippen LogP contribution in [-0.2, 0) is 4.79 Å². The molecule has 1 heterocycles. The van der Waals surface area contributed by atoms with Crippen molar-refractivity contribution in [2.24, 2.45) is 5.92 Å². The molecule has 0 atom stereocenters. The van der Waals surface area contributed by atoms with E-state index >= 15 is 0 Å². The van der Waals surface area contributed by atoms with Crippen molar-refractivity contribution in [2.45, 2.75) is 19.8 Å². The molecule has 0 aliphatic carbocycles. The van der Waals surface area contributed by atoms with Gasteiger partial charge in [0.05, 0.1) is 40.4 Å². The fourth-order valence-corrected chi connectivity index (χ4v) is 3.99. The number of hydrogen-bond donors (Lipinski definition) is 2. The molecule has 0 saturated carbocycles. The molecule has 1 fully saturated rings. The van der Waals surface area contributed by atoms with Crippen molar-refractivity contribution in [3.8, 4) is 23.0 Å². The largest absolute Gasteiger partial charge is 0.493 e. The number of ether oxygens (including phenoxy) is 4. The van der Waals surface area contributed by atoms with Crippen molar-refractivity contribution in [3.63, 3.8) is 0 Å². The quantitative estimate of drug-likeness (QED) is 0.510. The molecule has 8 heteroatoms. The molecule has 3 rings (SSSR count). The van der Waals surface area contributed by atoms with Gasteiger partial charge in [-0.3, -0.25) is 9.69 Å². The number of piperidine rings is 1. The molecular weight excluding hydrogens is 436 g/mol. The van der Waals surface area contributed by atoms with Crippen molar-refractivity contribution in [3.05, 3.63) is 41.5 Å². The molecule has 2 N–H and O–H groups in total. The smallest absolute Gasteiger partial charge is 0.227 e. The normalized spacial score (nSPS) is 14.7. The first-order valence-electron chi connectivity index (χ1n) is 11.4. The first kappa shape index (κ1) is 25.4. The first-order chi connectivity index (χ1) is 16.5. The molecule has 184 valence electrons. The number of amides is 1. The van der Waals surface area contributed by atoms with Crippen LogP contribution in [0.5, 0.6) is 23.0 Å². The second-order valence-corrected chi connectivity index (χ2v) is 8.00. The number of likely N-dealkylation sites (tertiary alicyclic amines) is 1. The van der Waals surface area contributed by atoms with Gasteiger partial charge >= 0.3 is 0 Å². The maximum atomic E-state index is 12.9. The molecule has 0 spiro atoms. The number of aliphatic hydroxyl groups excluding tert-OH is 1. The predicted molar refractivity (Wildman–Crippen MR) is 133 cm³/mol. The zero-order chi connectivity index (χ0) is 24.5. The summed E-state index contributed by atoms with van der Waals surface area (Å²) in [7, 11) is 4.74. The number of carbonyl (C=O) groups excluding carboxylic acids is 1. The van der Waals surface area contributed by atoms with E-state index in [-0.39, 0.29) is 18.6 Å². The van der Waals surface area contributed by atoms with Crippen LogP contribution in [0, 0.1) is 5.92 Å². The van der Waals surface area contributed by atoms with E-state index in [1.54, 1.807) is 21.3 Å². The van der Waals surface area contributed by atoms with Crippen molar-refractivity contribution < 1.29 is 28.8 Å². The van der Waals surface area contributed by atoms with E-state index in [0.717, 1.165) is 24.0 Å². The third kappa shape index (κ3) is 6.21. The molecule has 34 heavy (non-hydrogen) atoms. The molecule has 1 amide bonds. The average Bonchev–Trinajstić information content (AvgIpc) is 2.88. The maximum absolute atomic E-state index is 12.9. The van der Waals surface area contributed by atoms with Gasteiger partial charge in [-0.2, -0.15) is 0 Å². The Bertz CT molecular complexity index is 974. The standard InChI is InChI=1S/C26H34N2O6/c1-5-34-22-9-8-18(6-7-19-15-23(31-2)25(33-4)24(16-19)32-3)14-21(22)27-26(30)20-10-12-28(17-29)13-11-20/h6-9,14-16,20,29H,5,10-13,17H2,1-4H3,(H,27,30)/b7-6+. The Balaban J connectivity index is 1.80. The molecule has 0 radical (unpaired) electrons. The summed E-state index contributed by atoms with van der Waals surface area (Å²) in [6.45, 7) is 3.87. The van der Waals surface area contributed by atoms with Gasteiger partial charge < -0.3 is 29.4 Å². The Labute approximate surface area is 201 Å².